The van der Waals surface area contributed by atoms with Crippen LogP contribution in [-0.2, 0) is 9.47 Å². The van der Waals surface area contributed by atoms with Crippen LogP contribution in [0.2, 0.25) is 0 Å². The van der Waals surface area contributed by atoms with E-state index in [1.54, 1.807) is 52.0 Å². The molecule has 0 saturated carbocycles. The smallest absolute Gasteiger partial charge is 0.444 e. The number of nitro groups is 1. The second-order valence-corrected chi connectivity index (χ2v) is 7.12. The first-order valence-electron chi connectivity index (χ1n) is 8.76. The molecule has 0 fully saturated rings. The van der Waals surface area contributed by atoms with Crippen molar-refractivity contribution >= 4 is 23.6 Å². The highest BCUT2D eigenvalue weighted by Gasteiger charge is 2.18. The minimum absolute atomic E-state index is 0.117. The van der Waals surface area contributed by atoms with Gasteiger partial charge in [-0.25, -0.2) is 9.59 Å². The van der Waals surface area contributed by atoms with Gasteiger partial charge in [0.15, 0.2) is 0 Å². The zero-order chi connectivity index (χ0) is 21.6. The lowest BCUT2D eigenvalue weighted by Gasteiger charge is -2.20. The zero-order valence-electron chi connectivity index (χ0n) is 16.5. The molecule has 1 amide bonds. The van der Waals surface area contributed by atoms with Crippen LogP contribution in [0.5, 0.6) is 5.75 Å². The van der Waals surface area contributed by atoms with Crippen molar-refractivity contribution in [1.29, 1.82) is 0 Å². The highest BCUT2D eigenvalue weighted by Crippen LogP contribution is 2.23. The van der Waals surface area contributed by atoms with E-state index in [-0.39, 0.29) is 11.4 Å². The van der Waals surface area contributed by atoms with E-state index in [4.69, 9.17) is 14.2 Å². The molecule has 154 valence electrons. The fraction of sp³-hybridized carbons (Fsp3) is 0.300. The van der Waals surface area contributed by atoms with Gasteiger partial charge in [-0.2, -0.15) is 0 Å². The molecule has 0 aromatic heterocycles. The van der Waals surface area contributed by atoms with Crippen molar-refractivity contribution < 1.29 is 28.7 Å². The Labute approximate surface area is 167 Å². The highest BCUT2D eigenvalue weighted by atomic mass is 16.7. The lowest BCUT2D eigenvalue weighted by atomic mass is 10.1. The van der Waals surface area contributed by atoms with Crippen LogP contribution in [0.25, 0.3) is 0 Å². The Balaban J connectivity index is 1.95. The maximum atomic E-state index is 12.0. The molecule has 1 atom stereocenters. The van der Waals surface area contributed by atoms with E-state index in [0.717, 1.165) is 0 Å². The van der Waals surface area contributed by atoms with Gasteiger partial charge in [0, 0.05) is 17.8 Å². The SMILES string of the molecule is CC(OC(=O)Oc1ccc([N+](=O)[O-])cc1)c1cccc(NC(=O)OC(C)(C)C)c1. The number of non-ortho nitro benzene ring substituents is 1. The Hall–Kier alpha value is -3.62. The minimum Gasteiger partial charge on any atom is -0.444 e. The van der Waals surface area contributed by atoms with Gasteiger partial charge in [-0.15, -0.1) is 0 Å². The molecule has 0 radical (unpaired) electrons. The summed E-state index contributed by atoms with van der Waals surface area (Å²) in [6.07, 6.45) is -2.22. The maximum Gasteiger partial charge on any atom is 0.514 e. The normalized spacial score (nSPS) is 11.9. The van der Waals surface area contributed by atoms with Gasteiger partial charge in [0.1, 0.15) is 17.5 Å². The molecular formula is C20H22N2O7. The molecular weight excluding hydrogens is 380 g/mol. The number of carbonyl (C=O) groups is 2. The number of ether oxygens (including phenoxy) is 3. The summed E-state index contributed by atoms with van der Waals surface area (Å²) in [5.41, 5.74) is 0.364. The Kier molecular flexibility index (Phi) is 6.76. The standard InChI is InChI=1S/C20H22N2O7/c1-13(27-19(24)28-17-10-8-16(9-11-17)22(25)26)14-6-5-7-15(12-14)21-18(23)29-20(2,3)4/h5-13H,1-4H3,(H,21,23). The van der Waals surface area contributed by atoms with E-state index in [2.05, 4.69) is 5.32 Å². The molecule has 9 heteroatoms. The number of benzene rings is 2. The maximum absolute atomic E-state index is 12.0. The number of rotatable bonds is 5. The summed E-state index contributed by atoms with van der Waals surface area (Å²) in [7, 11) is 0. The van der Waals surface area contributed by atoms with E-state index in [1.807, 2.05) is 0 Å². The highest BCUT2D eigenvalue weighted by molar-refractivity contribution is 5.85. The van der Waals surface area contributed by atoms with E-state index >= 15 is 0 Å². The number of carbonyl (C=O) groups excluding carboxylic acids is 2. The third-order valence-electron chi connectivity index (χ3n) is 3.52. The minimum atomic E-state index is -0.961. The first-order chi connectivity index (χ1) is 13.5. The van der Waals surface area contributed by atoms with E-state index in [0.29, 0.717) is 11.3 Å². The van der Waals surface area contributed by atoms with Gasteiger partial charge in [-0.05, 0) is 57.5 Å². The predicted octanol–water partition coefficient (Wildman–Crippen LogP) is 5.22. The molecule has 2 rings (SSSR count). The molecule has 1 N–H and O–H groups in total. The Morgan fingerprint density at radius 2 is 1.76 bits per heavy atom. The average Bonchev–Trinajstić information content (AvgIpc) is 2.60. The molecule has 1 unspecified atom stereocenters. The molecule has 9 nitrogen and oxygen atoms in total. The average molecular weight is 402 g/mol. The molecule has 29 heavy (non-hydrogen) atoms. The summed E-state index contributed by atoms with van der Waals surface area (Å²) >= 11 is 0. The molecule has 0 spiro atoms. The lowest BCUT2D eigenvalue weighted by Crippen LogP contribution is -2.27. The first-order valence-corrected chi connectivity index (χ1v) is 8.76. The number of hydrogen-bond donors (Lipinski definition) is 1. The summed E-state index contributed by atoms with van der Waals surface area (Å²) in [4.78, 5) is 33.9. The van der Waals surface area contributed by atoms with Gasteiger partial charge in [-0.1, -0.05) is 12.1 Å². The Bertz CT molecular complexity index is 888. The van der Waals surface area contributed by atoms with Gasteiger partial charge in [0.05, 0.1) is 4.92 Å². The van der Waals surface area contributed by atoms with Crippen LogP contribution in [0.4, 0.5) is 21.0 Å². The van der Waals surface area contributed by atoms with Gasteiger partial charge in [0.2, 0.25) is 0 Å². The summed E-state index contributed by atoms with van der Waals surface area (Å²) in [5, 5.41) is 13.3. The Morgan fingerprint density at radius 1 is 1.10 bits per heavy atom. The van der Waals surface area contributed by atoms with Gasteiger partial charge < -0.3 is 14.2 Å². The van der Waals surface area contributed by atoms with Crippen LogP contribution in [0.1, 0.15) is 39.4 Å². The topological polar surface area (TPSA) is 117 Å². The second kappa shape index (κ2) is 9.05. The van der Waals surface area contributed by atoms with Crippen molar-refractivity contribution in [2.75, 3.05) is 5.32 Å². The molecule has 0 aliphatic rings. The fourth-order valence-corrected chi connectivity index (χ4v) is 2.26. The molecule has 0 aliphatic carbocycles. The van der Waals surface area contributed by atoms with Crippen LogP contribution in [0, 0.1) is 10.1 Å². The number of anilines is 1. The van der Waals surface area contributed by atoms with Crippen LogP contribution in [0.15, 0.2) is 48.5 Å². The number of nitrogens with one attached hydrogen (secondary N) is 1. The molecule has 0 aliphatic heterocycles. The summed E-state index contributed by atoms with van der Waals surface area (Å²) in [5.74, 6) is 0.119. The Morgan fingerprint density at radius 3 is 2.34 bits per heavy atom. The van der Waals surface area contributed by atoms with Crippen molar-refractivity contribution in [3.05, 3.63) is 64.2 Å². The first kappa shape index (κ1) is 21.7. The van der Waals surface area contributed by atoms with Gasteiger partial charge in [0.25, 0.3) is 5.69 Å². The number of hydrogen-bond acceptors (Lipinski definition) is 7. The zero-order valence-corrected chi connectivity index (χ0v) is 16.5. The van der Waals surface area contributed by atoms with E-state index < -0.39 is 28.9 Å². The molecule has 0 bridgehead atoms. The van der Waals surface area contributed by atoms with Crippen molar-refractivity contribution in [1.82, 2.24) is 0 Å². The summed E-state index contributed by atoms with van der Waals surface area (Å²) < 4.78 is 15.4. The third kappa shape index (κ3) is 7.13. The number of nitrogens with zero attached hydrogens (tertiary/aromatic N) is 1. The number of amides is 1. The van der Waals surface area contributed by atoms with Crippen LogP contribution in [0.3, 0.4) is 0 Å². The van der Waals surface area contributed by atoms with Gasteiger partial charge >= 0.3 is 12.2 Å². The van der Waals surface area contributed by atoms with E-state index in [9.17, 15) is 19.7 Å². The lowest BCUT2D eigenvalue weighted by molar-refractivity contribution is -0.384. The van der Waals surface area contributed by atoms with Crippen molar-refractivity contribution in [2.45, 2.75) is 39.4 Å². The summed E-state index contributed by atoms with van der Waals surface area (Å²) in [6, 6.07) is 11.8. The second-order valence-electron chi connectivity index (χ2n) is 7.12. The monoisotopic (exact) mass is 402 g/mol. The van der Waals surface area contributed by atoms with Crippen LogP contribution in [-0.4, -0.2) is 22.8 Å². The third-order valence-corrected chi connectivity index (χ3v) is 3.52. The quantitative estimate of drug-likeness (QED) is 0.315. The van der Waals surface area contributed by atoms with Crippen molar-refractivity contribution in [3.63, 3.8) is 0 Å². The molecule has 0 heterocycles. The van der Waals surface area contributed by atoms with Crippen molar-refractivity contribution in [3.8, 4) is 5.75 Å². The van der Waals surface area contributed by atoms with E-state index in [1.165, 1.54) is 24.3 Å². The van der Waals surface area contributed by atoms with Crippen molar-refractivity contribution in [2.24, 2.45) is 0 Å². The van der Waals surface area contributed by atoms with Crippen LogP contribution >= 0.6 is 0 Å². The van der Waals surface area contributed by atoms with Gasteiger partial charge in [-0.3, -0.25) is 15.4 Å². The fourth-order valence-electron chi connectivity index (χ4n) is 2.26. The van der Waals surface area contributed by atoms with Crippen LogP contribution < -0.4 is 10.1 Å². The largest absolute Gasteiger partial charge is 0.514 e. The molecule has 2 aromatic carbocycles. The molecule has 0 saturated heterocycles. The molecule has 2 aromatic rings. The predicted molar refractivity (Wildman–Crippen MR) is 105 cm³/mol. The number of nitro benzene ring substituents is 1. The summed E-state index contributed by atoms with van der Waals surface area (Å²) in [6.45, 7) is 6.92.